The second-order valence-electron chi connectivity index (χ2n) is 1.71. The van der Waals surface area contributed by atoms with Gasteiger partial charge in [0.1, 0.15) is 6.07 Å². The van der Waals surface area contributed by atoms with Gasteiger partial charge in [0.2, 0.25) is 6.54 Å². The lowest BCUT2D eigenvalue weighted by Crippen LogP contribution is -3.00. The zero-order valence-electron chi connectivity index (χ0n) is 5.37. The van der Waals surface area contributed by atoms with Crippen LogP contribution in [0.2, 0.25) is 0 Å². The van der Waals surface area contributed by atoms with Crippen molar-refractivity contribution in [3.05, 3.63) is 30.6 Å². The van der Waals surface area contributed by atoms with E-state index in [0.717, 1.165) is 0 Å². The summed E-state index contributed by atoms with van der Waals surface area (Å²) in [5.41, 5.74) is 0. The van der Waals surface area contributed by atoms with E-state index < -0.39 is 0 Å². The molecule has 1 rings (SSSR count). The van der Waals surface area contributed by atoms with Crippen LogP contribution < -0.4 is 28.5 Å². The number of hydrogen-bond acceptors (Lipinski definition) is 1. The van der Waals surface area contributed by atoms with Gasteiger partial charge in [0.05, 0.1) is 0 Å². The van der Waals surface area contributed by atoms with Gasteiger partial charge in [-0.1, -0.05) is 6.07 Å². The number of hydrogen-bond donors (Lipinski definition) is 0. The fraction of sp³-hybridized carbons (Fsp3) is 0.143. The predicted octanol–water partition coefficient (Wildman–Crippen LogP) is -2.50. The molecule has 0 N–H and O–H groups in total. The summed E-state index contributed by atoms with van der Waals surface area (Å²) in [6.45, 7) is 0.431. The number of halogens is 1. The summed E-state index contributed by atoms with van der Waals surface area (Å²) in [5.74, 6) is 0. The van der Waals surface area contributed by atoms with Crippen molar-refractivity contribution in [3.63, 3.8) is 0 Å². The maximum absolute atomic E-state index is 8.25. The zero-order valence-corrected chi connectivity index (χ0v) is 7.52. The van der Waals surface area contributed by atoms with Gasteiger partial charge in [0, 0.05) is 12.1 Å². The van der Waals surface area contributed by atoms with Crippen LogP contribution in [0, 0.1) is 11.3 Å². The molecule has 0 radical (unpaired) electrons. The minimum absolute atomic E-state index is 0. The average Bonchev–Trinajstić information content (AvgIpc) is 1.91. The standard InChI is InChI=1S/C7H7N2.HI/c8-4-7-9-5-2-1-3-6-9;/h1-3,5-6H,7H2;1H/q+1;/p-1. The molecule has 1 heterocycles. The van der Waals surface area contributed by atoms with Crippen molar-refractivity contribution in [2.45, 2.75) is 6.54 Å². The van der Waals surface area contributed by atoms with Crippen molar-refractivity contribution in [2.24, 2.45) is 0 Å². The highest BCUT2D eigenvalue weighted by molar-refractivity contribution is 4.84. The van der Waals surface area contributed by atoms with Crippen LogP contribution in [0.3, 0.4) is 0 Å². The molecule has 1 aromatic rings. The van der Waals surface area contributed by atoms with E-state index in [1.807, 2.05) is 41.2 Å². The molecule has 52 valence electrons. The summed E-state index contributed by atoms with van der Waals surface area (Å²) in [4.78, 5) is 0. The SMILES string of the molecule is N#CC[n+]1ccccc1.[I-]. The smallest absolute Gasteiger partial charge is 0.233 e. The van der Waals surface area contributed by atoms with Gasteiger partial charge in [-0.15, -0.1) is 0 Å². The molecule has 10 heavy (non-hydrogen) atoms. The van der Waals surface area contributed by atoms with Gasteiger partial charge in [0.15, 0.2) is 12.4 Å². The topological polar surface area (TPSA) is 27.7 Å². The molecule has 2 nitrogen and oxygen atoms in total. The van der Waals surface area contributed by atoms with E-state index in [0.29, 0.717) is 6.54 Å². The van der Waals surface area contributed by atoms with Crippen LogP contribution in [-0.2, 0) is 6.54 Å². The molecule has 0 bridgehead atoms. The Morgan fingerprint density at radius 3 is 2.30 bits per heavy atom. The number of nitrogens with zero attached hydrogens (tertiary/aromatic N) is 2. The van der Waals surface area contributed by atoms with Crippen LogP contribution in [-0.4, -0.2) is 0 Å². The third kappa shape index (κ3) is 2.78. The molecule has 0 aliphatic rings. The molecule has 0 unspecified atom stereocenters. The van der Waals surface area contributed by atoms with Crippen LogP contribution in [0.25, 0.3) is 0 Å². The molecule has 3 heteroatoms. The largest absolute Gasteiger partial charge is 1.00 e. The highest BCUT2D eigenvalue weighted by atomic mass is 127. The number of aromatic nitrogens is 1. The van der Waals surface area contributed by atoms with Crippen molar-refractivity contribution in [1.29, 1.82) is 5.26 Å². The molecule has 0 amide bonds. The first-order chi connectivity index (χ1) is 4.43. The van der Waals surface area contributed by atoms with Gasteiger partial charge < -0.3 is 24.0 Å². The molecule has 0 aromatic carbocycles. The summed E-state index contributed by atoms with van der Waals surface area (Å²) in [6.07, 6.45) is 3.73. The van der Waals surface area contributed by atoms with E-state index in [2.05, 4.69) is 0 Å². The Morgan fingerprint density at radius 2 is 1.80 bits per heavy atom. The molecule has 0 atom stereocenters. The molecule has 0 aliphatic carbocycles. The van der Waals surface area contributed by atoms with E-state index in [9.17, 15) is 0 Å². The van der Waals surface area contributed by atoms with E-state index in [4.69, 9.17) is 5.26 Å². The highest BCUT2D eigenvalue weighted by Gasteiger charge is 1.90. The first-order valence-corrected chi connectivity index (χ1v) is 2.74. The molecule has 0 spiro atoms. The van der Waals surface area contributed by atoms with Crippen molar-refractivity contribution in [2.75, 3.05) is 0 Å². The lowest BCUT2D eigenvalue weighted by molar-refractivity contribution is -0.685. The van der Waals surface area contributed by atoms with E-state index in [-0.39, 0.29) is 24.0 Å². The summed E-state index contributed by atoms with van der Waals surface area (Å²) in [6, 6.07) is 7.77. The normalized spacial score (nSPS) is 7.50. The lowest BCUT2D eigenvalue weighted by atomic mass is 10.5. The Kier molecular flexibility index (Phi) is 4.85. The first kappa shape index (κ1) is 9.37. The van der Waals surface area contributed by atoms with Gasteiger partial charge in [-0.2, -0.15) is 9.83 Å². The van der Waals surface area contributed by atoms with Gasteiger partial charge in [-0.3, -0.25) is 0 Å². The Hall–Kier alpha value is -0.630. The van der Waals surface area contributed by atoms with Crippen LogP contribution >= 0.6 is 0 Å². The van der Waals surface area contributed by atoms with E-state index >= 15 is 0 Å². The minimum Gasteiger partial charge on any atom is -1.00 e. The second-order valence-corrected chi connectivity index (χ2v) is 1.71. The van der Waals surface area contributed by atoms with Crippen LogP contribution in [0.15, 0.2) is 30.6 Å². The summed E-state index contributed by atoms with van der Waals surface area (Å²) in [5, 5.41) is 8.25. The quantitative estimate of drug-likeness (QED) is 0.397. The zero-order chi connectivity index (χ0) is 6.53. The maximum Gasteiger partial charge on any atom is 0.233 e. The Bertz CT molecular complexity index is 215. The number of pyridine rings is 1. The number of nitriles is 1. The summed E-state index contributed by atoms with van der Waals surface area (Å²) < 4.78 is 1.82. The fourth-order valence-corrected chi connectivity index (χ4v) is 0.621. The molecule has 0 fully saturated rings. The summed E-state index contributed by atoms with van der Waals surface area (Å²) in [7, 11) is 0. The Balaban J connectivity index is 0.000000810. The average molecular weight is 246 g/mol. The van der Waals surface area contributed by atoms with Gasteiger partial charge >= 0.3 is 0 Å². The fourth-order valence-electron chi connectivity index (χ4n) is 0.621. The van der Waals surface area contributed by atoms with Crippen molar-refractivity contribution >= 4 is 0 Å². The van der Waals surface area contributed by atoms with Gasteiger partial charge in [-0.05, 0) is 0 Å². The van der Waals surface area contributed by atoms with Gasteiger partial charge in [-0.25, -0.2) is 0 Å². The molecule has 1 aromatic heterocycles. The third-order valence-electron chi connectivity index (χ3n) is 1.03. The van der Waals surface area contributed by atoms with Gasteiger partial charge in [0.25, 0.3) is 0 Å². The van der Waals surface area contributed by atoms with Crippen LogP contribution in [0.1, 0.15) is 0 Å². The van der Waals surface area contributed by atoms with Crippen molar-refractivity contribution in [3.8, 4) is 6.07 Å². The number of rotatable bonds is 1. The minimum atomic E-state index is 0. The Morgan fingerprint density at radius 1 is 1.20 bits per heavy atom. The van der Waals surface area contributed by atoms with Crippen LogP contribution in [0.4, 0.5) is 0 Å². The lowest BCUT2D eigenvalue weighted by Gasteiger charge is -1.83. The predicted molar refractivity (Wildman–Crippen MR) is 32.2 cm³/mol. The highest BCUT2D eigenvalue weighted by Crippen LogP contribution is 1.74. The van der Waals surface area contributed by atoms with Crippen molar-refractivity contribution in [1.82, 2.24) is 0 Å². The van der Waals surface area contributed by atoms with Crippen molar-refractivity contribution < 1.29 is 28.5 Å². The molecular weight excluding hydrogens is 239 g/mol. The van der Waals surface area contributed by atoms with Crippen LogP contribution in [0.5, 0.6) is 0 Å². The molecule has 0 aliphatic heterocycles. The molecular formula is C7H7IN2. The molecule has 0 saturated heterocycles. The van der Waals surface area contributed by atoms with E-state index in [1.165, 1.54) is 0 Å². The summed E-state index contributed by atoms with van der Waals surface area (Å²) >= 11 is 0. The first-order valence-electron chi connectivity index (χ1n) is 2.74. The maximum atomic E-state index is 8.25. The second kappa shape index (κ2) is 5.18. The monoisotopic (exact) mass is 246 g/mol. The third-order valence-corrected chi connectivity index (χ3v) is 1.03. The molecule has 0 saturated carbocycles. The Labute approximate surface area is 77.1 Å². The van der Waals surface area contributed by atoms with E-state index in [1.54, 1.807) is 0 Å².